The van der Waals surface area contributed by atoms with Gasteiger partial charge in [0.25, 0.3) is 5.95 Å². The van der Waals surface area contributed by atoms with Crippen molar-refractivity contribution in [2.75, 3.05) is 5.32 Å². The van der Waals surface area contributed by atoms with Gasteiger partial charge in [-0.1, -0.05) is 27.2 Å². The third kappa shape index (κ3) is 4.97. The van der Waals surface area contributed by atoms with Crippen molar-refractivity contribution in [2.45, 2.75) is 52.5 Å². The summed E-state index contributed by atoms with van der Waals surface area (Å²) in [6.07, 6.45) is 2.41. The summed E-state index contributed by atoms with van der Waals surface area (Å²) in [5.41, 5.74) is 1.56. The zero-order valence-corrected chi connectivity index (χ0v) is 12.5. The van der Waals surface area contributed by atoms with Crippen molar-refractivity contribution in [2.24, 2.45) is 0 Å². The van der Waals surface area contributed by atoms with Gasteiger partial charge in [-0.3, -0.25) is 5.32 Å². The minimum Gasteiger partial charge on any atom is -0.480 e. The van der Waals surface area contributed by atoms with Crippen molar-refractivity contribution in [3.05, 3.63) is 11.4 Å². The number of rotatable bonds is 7. The number of anilines is 1. The second-order valence-corrected chi connectivity index (χ2v) is 4.51. The Morgan fingerprint density at radius 2 is 1.81 bits per heavy atom. The van der Waals surface area contributed by atoms with Crippen LogP contribution in [0.2, 0.25) is 0 Å². The molecule has 1 atom stereocenters. The molecule has 0 saturated carbocycles. The molecule has 1 aromatic rings. The fourth-order valence-electron chi connectivity index (χ4n) is 1.83. The van der Waals surface area contributed by atoms with Crippen LogP contribution in [0, 0.1) is 0 Å². The van der Waals surface area contributed by atoms with Gasteiger partial charge in [0.15, 0.2) is 0 Å². The van der Waals surface area contributed by atoms with E-state index in [1.165, 1.54) is 0 Å². The average Bonchev–Trinajstić information content (AvgIpc) is 2.46. The van der Waals surface area contributed by atoms with Crippen LogP contribution in [0.3, 0.4) is 0 Å². The van der Waals surface area contributed by atoms with Crippen LogP contribution >= 0.6 is 0 Å². The monoisotopic (exact) mass is 295 g/mol. The maximum Gasteiger partial charge on any atom is 0.326 e. The summed E-state index contributed by atoms with van der Waals surface area (Å²) in [6.45, 7) is 5.74. The number of carbonyl (C=O) groups excluding carboxylic acids is 1. The Balaban J connectivity index is 2.72. The molecule has 8 heteroatoms. The molecule has 1 heterocycles. The number of hydrogen-bond acceptors (Lipinski definition) is 5. The number of nitrogens with zero attached hydrogens (tertiary/aromatic N) is 3. The first-order chi connectivity index (χ1) is 10.0. The third-order valence-corrected chi connectivity index (χ3v) is 2.92. The van der Waals surface area contributed by atoms with E-state index in [0.29, 0.717) is 25.7 Å². The molecule has 8 nitrogen and oxygen atoms in total. The average molecular weight is 295 g/mol. The molecule has 0 unspecified atom stereocenters. The minimum absolute atomic E-state index is 0.0715. The molecule has 2 amide bonds. The Morgan fingerprint density at radius 3 is 2.33 bits per heavy atom. The molecule has 1 rings (SSSR count). The van der Waals surface area contributed by atoms with Gasteiger partial charge in [-0.2, -0.15) is 0 Å². The number of urea groups is 1. The zero-order chi connectivity index (χ0) is 15.8. The first-order valence-electron chi connectivity index (χ1n) is 7.04. The van der Waals surface area contributed by atoms with Gasteiger partial charge in [0, 0.05) is 0 Å². The molecule has 3 N–H and O–H groups in total. The molecule has 0 radical (unpaired) electrons. The molecule has 1 aromatic heterocycles. The first-order valence-corrected chi connectivity index (χ1v) is 7.04. The fourth-order valence-corrected chi connectivity index (χ4v) is 1.83. The second kappa shape index (κ2) is 8.13. The number of nitrogens with one attached hydrogen (secondary N) is 2. The number of aryl methyl sites for hydroxylation is 2. The van der Waals surface area contributed by atoms with Gasteiger partial charge in [0.1, 0.15) is 6.04 Å². The molecule has 0 aliphatic rings. The molecule has 0 aromatic carbocycles. The molecule has 0 aliphatic heterocycles. The van der Waals surface area contributed by atoms with Crippen LogP contribution in [0.1, 0.15) is 45.0 Å². The van der Waals surface area contributed by atoms with Crippen molar-refractivity contribution >= 4 is 17.9 Å². The highest BCUT2D eigenvalue weighted by atomic mass is 16.4. The van der Waals surface area contributed by atoms with E-state index in [9.17, 15) is 9.59 Å². The van der Waals surface area contributed by atoms with Crippen LogP contribution in [0.15, 0.2) is 0 Å². The van der Waals surface area contributed by atoms with Gasteiger partial charge in [-0.15, -0.1) is 10.2 Å². The van der Waals surface area contributed by atoms with E-state index in [1.54, 1.807) is 0 Å². The van der Waals surface area contributed by atoms with E-state index >= 15 is 0 Å². The molecule has 0 spiro atoms. The summed E-state index contributed by atoms with van der Waals surface area (Å²) in [4.78, 5) is 26.9. The van der Waals surface area contributed by atoms with Crippen molar-refractivity contribution in [1.82, 2.24) is 20.5 Å². The Labute approximate surface area is 123 Å². The lowest BCUT2D eigenvalue weighted by atomic mass is 10.2. The topological polar surface area (TPSA) is 117 Å². The highest BCUT2D eigenvalue weighted by Gasteiger charge is 2.19. The van der Waals surface area contributed by atoms with Crippen molar-refractivity contribution in [3.8, 4) is 0 Å². The minimum atomic E-state index is -1.07. The van der Waals surface area contributed by atoms with E-state index in [4.69, 9.17) is 5.11 Å². The van der Waals surface area contributed by atoms with E-state index in [1.807, 2.05) is 20.8 Å². The summed E-state index contributed by atoms with van der Waals surface area (Å²) in [6, 6.07) is -1.58. The summed E-state index contributed by atoms with van der Waals surface area (Å²) in [7, 11) is 0. The lowest BCUT2D eigenvalue weighted by Crippen LogP contribution is -2.43. The summed E-state index contributed by atoms with van der Waals surface area (Å²) < 4.78 is 0. The molecule has 21 heavy (non-hydrogen) atoms. The Hall–Kier alpha value is -2.25. The maximum atomic E-state index is 11.8. The molecule has 0 fully saturated rings. The normalized spacial score (nSPS) is 11.8. The largest absolute Gasteiger partial charge is 0.480 e. The van der Waals surface area contributed by atoms with Crippen LogP contribution < -0.4 is 10.6 Å². The first kappa shape index (κ1) is 16.8. The predicted molar refractivity (Wildman–Crippen MR) is 77.1 cm³/mol. The summed E-state index contributed by atoms with van der Waals surface area (Å²) in [5.74, 6) is -0.996. The Bertz CT molecular complexity index is 507. The van der Waals surface area contributed by atoms with E-state index < -0.39 is 18.0 Å². The lowest BCUT2D eigenvalue weighted by molar-refractivity contribution is -0.139. The van der Waals surface area contributed by atoms with Gasteiger partial charge >= 0.3 is 12.0 Å². The standard InChI is InChI=1S/C13H21N5O3/c1-4-7-10(11(19)20)15-13(21)16-12-14-8(5-2)9(6-3)17-18-12/h10H,4-7H2,1-3H3,(H,19,20)(H2,14,15,16,18,21)/t10-/m1/s1. The number of carboxylic acid groups (broad SMARTS) is 1. The van der Waals surface area contributed by atoms with E-state index in [0.717, 1.165) is 11.4 Å². The Morgan fingerprint density at radius 1 is 1.14 bits per heavy atom. The van der Waals surface area contributed by atoms with Crippen LogP contribution in [0.25, 0.3) is 0 Å². The van der Waals surface area contributed by atoms with Gasteiger partial charge < -0.3 is 10.4 Å². The molecular formula is C13H21N5O3. The molecule has 0 bridgehead atoms. The van der Waals surface area contributed by atoms with Crippen LogP contribution in [0.5, 0.6) is 0 Å². The molecule has 0 aliphatic carbocycles. The highest BCUT2D eigenvalue weighted by Crippen LogP contribution is 2.07. The van der Waals surface area contributed by atoms with E-state index in [-0.39, 0.29) is 5.95 Å². The maximum absolute atomic E-state index is 11.8. The van der Waals surface area contributed by atoms with Gasteiger partial charge in [0.2, 0.25) is 0 Å². The highest BCUT2D eigenvalue weighted by molar-refractivity contribution is 5.90. The number of hydrogen-bond donors (Lipinski definition) is 3. The smallest absolute Gasteiger partial charge is 0.326 e. The van der Waals surface area contributed by atoms with Crippen LogP contribution in [-0.2, 0) is 17.6 Å². The molecule has 116 valence electrons. The zero-order valence-electron chi connectivity index (χ0n) is 12.5. The number of aliphatic carboxylic acids is 1. The van der Waals surface area contributed by atoms with Crippen molar-refractivity contribution < 1.29 is 14.7 Å². The number of aromatic nitrogens is 3. The number of amides is 2. The summed E-state index contributed by atoms with van der Waals surface area (Å²) >= 11 is 0. The fraction of sp³-hybridized carbons (Fsp3) is 0.615. The molecule has 0 saturated heterocycles. The summed E-state index contributed by atoms with van der Waals surface area (Å²) in [5, 5.41) is 21.6. The third-order valence-electron chi connectivity index (χ3n) is 2.92. The van der Waals surface area contributed by atoms with Gasteiger partial charge in [-0.25, -0.2) is 14.6 Å². The molecular weight excluding hydrogens is 274 g/mol. The van der Waals surface area contributed by atoms with Crippen molar-refractivity contribution in [1.29, 1.82) is 0 Å². The lowest BCUT2D eigenvalue weighted by Gasteiger charge is -2.13. The number of carbonyl (C=O) groups is 2. The van der Waals surface area contributed by atoms with Crippen LogP contribution in [-0.4, -0.2) is 38.3 Å². The van der Waals surface area contributed by atoms with Gasteiger partial charge in [0.05, 0.1) is 11.4 Å². The Kier molecular flexibility index (Phi) is 6.51. The van der Waals surface area contributed by atoms with Gasteiger partial charge in [-0.05, 0) is 19.3 Å². The SMILES string of the molecule is CCC[C@@H](NC(=O)Nc1nnc(CC)c(CC)n1)C(=O)O. The number of carboxylic acids is 1. The van der Waals surface area contributed by atoms with Crippen LogP contribution in [0.4, 0.5) is 10.7 Å². The van der Waals surface area contributed by atoms with Crippen molar-refractivity contribution in [3.63, 3.8) is 0 Å². The van der Waals surface area contributed by atoms with E-state index in [2.05, 4.69) is 25.8 Å². The quantitative estimate of drug-likeness (QED) is 0.699. The predicted octanol–water partition coefficient (Wildman–Crippen LogP) is 1.37. The second-order valence-electron chi connectivity index (χ2n) is 4.51.